The highest BCUT2D eigenvalue weighted by Gasteiger charge is 2.50. The van der Waals surface area contributed by atoms with Crippen molar-refractivity contribution in [2.45, 2.75) is 30.9 Å². The maximum atomic E-state index is 15.6. The molecule has 5 nitrogen and oxygen atoms in total. The highest BCUT2D eigenvalue weighted by Crippen LogP contribution is 2.52. The molecule has 0 unspecified atom stereocenters. The van der Waals surface area contributed by atoms with Crippen LogP contribution in [0.15, 0.2) is 48.5 Å². The third-order valence-electron chi connectivity index (χ3n) is 6.75. The number of carbonyl (C=O) groups excluding carboxylic acids is 1. The number of rotatable bonds is 5. The lowest BCUT2D eigenvalue weighted by Gasteiger charge is -2.35. The first-order valence-electron chi connectivity index (χ1n) is 11.0. The van der Waals surface area contributed by atoms with Gasteiger partial charge in [0, 0.05) is 29.2 Å². The van der Waals surface area contributed by atoms with E-state index in [1.807, 2.05) is 30.3 Å². The van der Waals surface area contributed by atoms with E-state index in [4.69, 9.17) is 26.8 Å². The lowest BCUT2D eigenvalue weighted by atomic mass is 9.80. The molecule has 0 saturated carbocycles. The molecule has 176 valence electrons. The first kappa shape index (κ1) is 22.6. The van der Waals surface area contributed by atoms with Crippen LogP contribution in [0.2, 0.25) is 5.02 Å². The maximum absolute atomic E-state index is 15.6. The van der Waals surface area contributed by atoms with Gasteiger partial charge in [-0.1, -0.05) is 41.9 Å². The molecule has 3 aromatic rings. The summed E-state index contributed by atoms with van der Waals surface area (Å²) in [4.78, 5) is 12.2. The van der Waals surface area contributed by atoms with Crippen molar-refractivity contribution in [1.82, 2.24) is 5.32 Å². The number of carbonyl (C=O) groups is 1. The molecule has 1 fully saturated rings. The fourth-order valence-corrected chi connectivity index (χ4v) is 5.45. The molecule has 2 aliphatic rings. The van der Waals surface area contributed by atoms with E-state index in [9.17, 15) is 4.79 Å². The topological polar surface area (TPSA) is 73.6 Å². The Morgan fingerprint density at radius 2 is 1.97 bits per heavy atom. The van der Waals surface area contributed by atoms with Gasteiger partial charge < -0.3 is 20.5 Å². The number of halogens is 3. The van der Waals surface area contributed by atoms with Gasteiger partial charge >= 0.3 is 0 Å². The van der Waals surface area contributed by atoms with Crippen molar-refractivity contribution < 1.29 is 23.0 Å². The Morgan fingerprint density at radius 3 is 2.62 bits per heavy atom. The molecular weight excluding hydrogens is 462 g/mol. The summed E-state index contributed by atoms with van der Waals surface area (Å²) >= 11 is 6.45. The number of ether oxygens (including phenoxy) is 2. The van der Waals surface area contributed by atoms with Crippen molar-refractivity contribution in [2.75, 3.05) is 13.7 Å². The maximum Gasteiger partial charge on any atom is 0.249 e. The minimum atomic E-state index is -0.865. The zero-order chi connectivity index (χ0) is 24.0. The second-order valence-corrected chi connectivity index (χ2v) is 8.95. The molecule has 0 aromatic heterocycles. The number of hydrogen-bond donors (Lipinski definition) is 2. The van der Waals surface area contributed by atoms with Crippen molar-refractivity contribution in [3.05, 3.63) is 81.9 Å². The quantitative estimate of drug-likeness (QED) is 0.536. The number of hydrogen-bond acceptors (Lipinski definition) is 4. The van der Waals surface area contributed by atoms with Crippen LogP contribution in [0.3, 0.4) is 0 Å². The summed E-state index contributed by atoms with van der Waals surface area (Å²) < 4.78 is 42.4. The predicted octanol–water partition coefficient (Wildman–Crippen LogP) is 4.98. The van der Waals surface area contributed by atoms with E-state index in [-0.39, 0.29) is 39.3 Å². The molecular formula is C26H23ClF2N2O3. The summed E-state index contributed by atoms with van der Waals surface area (Å²) in [6.07, 6.45) is 2.12. The summed E-state index contributed by atoms with van der Waals surface area (Å²) in [5, 5.41) is 3.20. The van der Waals surface area contributed by atoms with Gasteiger partial charge in [0.25, 0.3) is 0 Å². The molecule has 2 aliphatic heterocycles. The van der Waals surface area contributed by atoms with Gasteiger partial charge in [-0.3, -0.25) is 4.79 Å². The summed E-state index contributed by atoms with van der Waals surface area (Å²) in [6, 6.07) is 13.5. The van der Waals surface area contributed by atoms with Gasteiger partial charge in [-0.15, -0.1) is 0 Å². The zero-order valence-electron chi connectivity index (χ0n) is 18.5. The molecule has 1 amide bonds. The Morgan fingerprint density at radius 1 is 1.21 bits per heavy atom. The Kier molecular flexibility index (Phi) is 5.70. The third kappa shape index (κ3) is 3.42. The average Bonchev–Trinajstić information content (AvgIpc) is 3.50. The van der Waals surface area contributed by atoms with Gasteiger partial charge in [0.05, 0.1) is 23.7 Å². The van der Waals surface area contributed by atoms with Crippen LogP contribution in [0.5, 0.6) is 11.5 Å². The van der Waals surface area contributed by atoms with Crippen molar-refractivity contribution in [3.8, 4) is 22.6 Å². The molecule has 5 rings (SSSR count). The molecule has 0 radical (unpaired) electrons. The Balaban J connectivity index is 1.77. The second kappa shape index (κ2) is 8.56. The minimum absolute atomic E-state index is 0.0530. The summed E-state index contributed by atoms with van der Waals surface area (Å²) in [7, 11) is 1.30. The smallest absolute Gasteiger partial charge is 0.249 e. The minimum Gasteiger partial charge on any atom is -0.494 e. The number of amides is 1. The van der Waals surface area contributed by atoms with Gasteiger partial charge in [-0.25, -0.2) is 8.78 Å². The first-order valence-corrected chi connectivity index (χ1v) is 11.4. The number of benzene rings is 3. The van der Waals surface area contributed by atoms with E-state index in [0.29, 0.717) is 12.0 Å². The van der Waals surface area contributed by atoms with Crippen LogP contribution in [0.1, 0.15) is 34.3 Å². The molecule has 8 heteroatoms. The number of primary amides is 1. The number of nitrogens with two attached hydrogens (primary N) is 1. The summed E-state index contributed by atoms with van der Waals surface area (Å²) in [5.41, 5.74) is 5.87. The SMILES string of the molecule is COc1ccc(C(N)=O)c(-c2c(Cl)c(F)cc3c2C[C@](c2ccccc2)([C@@H]2CCCN2)O3)c1F. The Labute approximate surface area is 200 Å². The van der Waals surface area contributed by atoms with Crippen LogP contribution in [-0.4, -0.2) is 25.6 Å². The number of fused-ring (bicyclic) bond motifs is 1. The van der Waals surface area contributed by atoms with Crippen molar-refractivity contribution in [1.29, 1.82) is 0 Å². The fraction of sp³-hybridized carbons (Fsp3) is 0.269. The van der Waals surface area contributed by atoms with E-state index < -0.39 is 23.1 Å². The largest absolute Gasteiger partial charge is 0.494 e. The van der Waals surface area contributed by atoms with E-state index in [1.54, 1.807) is 0 Å². The van der Waals surface area contributed by atoms with Crippen molar-refractivity contribution >= 4 is 17.5 Å². The fourth-order valence-electron chi connectivity index (χ4n) is 5.19. The van der Waals surface area contributed by atoms with Crippen molar-refractivity contribution in [2.24, 2.45) is 5.73 Å². The van der Waals surface area contributed by atoms with Gasteiger partial charge in [0.15, 0.2) is 17.2 Å². The predicted molar refractivity (Wildman–Crippen MR) is 125 cm³/mol. The van der Waals surface area contributed by atoms with E-state index in [1.165, 1.54) is 25.3 Å². The summed E-state index contributed by atoms with van der Waals surface area (Å²) in [6.45, 7) is 0.831. The van der Waals surface area contributed by atoms with Crippen LogP contribution in [0, 0.1) is 11.6 Å². The van der Waals surface area contributed by atoms with Gasteiger partial charge in [0.1, 0.15) is 11.6 Å². The Hall–Kier alpha value is -3.16. The van der Waals surface area contributed by atoms with Crippen LogP contribution in [0.25, 0.3) is 11.1 Å². The number of nitrogens with one attached hydrogen (secondary N) is 1. The van der Waals surface area contributed by atoms with Gasteiger partial charge in [-0.2, -0.15) is 0 Å². The monoisotopic (exact) mass is 484 g/mol. The highest BCUT2D eigenvalue weighted by molar-refractivity contribution is 6.34. The molecule has 1 saturated heterocycles. The number of methoxy groups -OCH3 is 1. The van der Waals surface area contributed by atoms with Crippen LogP contribution in [-0.2, 0) is 12.0 Å². The lowest BCUT2D eigenvalue weighted by molar-refractivity contribution is 0.0539. The van der Waals surface area contributed by atoms with Gasteiger partial charge in [0.2, 0.25) is 5.91 Å². The van der Waals surface area contributed by atoms with E-state index >= 15 is 8.78 Å². The van der Waals surface area contributed by atoms with E-state index in [2.05, 4.69) is 5.32 Å². The molecule has 2 atom stereocenters. The molecule has 0 bridgehead atoms. The van der Waals surface area contributed by atoms with E-state index in [0.717, 1.165) is 24.9 Å². The normalized spacial score (nSPS) is 21.2. The highest BCUT2D eigenvalue weighted by atomic mass is 35.5. The second-order valence-electron chi connectivity index (χ2n) is 8.58. The average molecular weight is 485 g/mol. The van der Waals surface area contributed by atoms with Crippen LogP contribution >= 0.6 is 11.6 Å². The molecule has 3 aromatic carbocycles. The standard InChI is InChI=1S/C26H23ClF2N2O3/c1-33-18-10-9-15(25(30)32)22(24(18)29)21-16-13-26(20-8-5-11-31-20,14-6-3-2-4-7-14)34-19(16)12-17(28)23(21)27/h2-4,6-7,9-10,12,20,31H,5,8,11,13H2,1H3,(H2,30,32)/t20-,26-/m0/s1. The molecule has 0 spiro atoms. The van der Waals surface area contributed by atoms with Crippen LogP contribution in [0.4, 0.5) is 8.78 Å². The van der Waals surface area contributed by atoms with Crippen molar-refractivity contribution in [3.63, 3.8) is 0 Å². The molecule has 0 aliphatic carbocycles. The molecule has 34 heavy (non-hydrogen) atoms. The Bertz CT molecular complexity index is 1280. The lowest BCUT2D eigenvalue weighted by Crippen LogP contribution is -2.48. The van der Waals surface area contributed by atoms with Crippen LogP contribution < -0.4 is 20.5 Å². The van der Waals surface area contributed by atoms with Gasteiger partial charge in [-0.05, 0) is 37.1 Å². The molecule has 2 heterocycles. The molecule has 3 N–H and O–H groups in total. The third-order valence-corrected chi connectivity index (χ3v) is 7.11. The summed E-state index contributed by atoms with van der Waals surface area (Å²) in [5.74, 6) is -2.34. The zero-order valence-corrected chi connectivity index (χ0v) is 19.2. The first-order chi connectivity index (χ1) is 16.4.